The van der Waals surface area contributed by atoms with Crippen molar-refractivity contribution in [2.45, 2.75) is 13.8 Å². The van der Waals surface area contributed by atoms with Crippen LogP contribution in [-0.2, 0) is 71.2 Å². The Kier molecular flexibility index (Phi) is 15.6. The summed E-state index contributed by atoms with van der Waals surface area (Å²) in [5.74, 6) is 0. The zero-order valence-corrected chi connectivity index (χ0v) is 16.4. The third-order valence-corrected chi connectivity index (χ3v) is 4.71. The van der Waals surface area contributed by atoms with Gasteiger partial charge in [-0.25, -0.2) is 0 Å². The van der Waals surface area contributed by atoms with Gasteiger partial charge in [0.2, 0.25) is 0 Å². The van der Waals surface area contributed by atoms with E-state index in [0.29, 0.717) is 0 Å². The Morgan fingerprint density at radius 3 is 1.00 bits per heavy atom. The minimum atomic E-state index is 1.55. The minimum absolute atomic E-state index is 1.55. The first-order valence-corrected chi connectivity index (χ1v) is 15.8. The molecule has 8 heavy (non-hydrogen) atoms. The van der Waals surface area contributed by atoms with Gasteiger partial charge < -0.3 is 0 Å². The first-order chi connectivity index (χ1) is 3.64. The SMILES string of the molecule is C[C](=[W])[C](C)=[W].[W]=[W]. The first kappa shape index (κ1) is 13.1. The Morgan fingerprint density at radius 1 is 0.875 bits per heavy atom. The van der Waals surface area contributed by atoms with Crippen LogP contribution in [0.25, 0.3) is 0 Å². The molecule has 0 heterocycles. The second-order valence-corrected chi connectivity index (χ2v) is 5.51. The van der Waals surface area contributed by atoms with Gasteiger partial charge in [0, 0.05) is 0 Å². The topological polar surface area (TPSA) is 0 Å². The average molecular weight is 789 g/mol. The van der Waals surface area contributed by atoms with Gasteiger partial charge in [-0.3, -0.25) is 0 Å². The molecule has 0 aliphatic rings. The van der Waals surface area contributed by atoms with Gasteiger partial charge in [-0.2, -0.15) is 0 Å². The van der Waals surface area contributed by atoms with E-state index in [1.165, 1.54) is 0 Å². The maximum atomic E-state index is 2.18. The molecule has 0 aromatic heterocycles. The van der Waals surface area contributed by atoms with Gasteiger partial charge in [0.1, 0.15) is 0 Å². The van der Waals surface area contributed by atoms with Gasteiger partial charge in [0.05, 0.1) is 0 Å². The van der Waals surface area contributed by atoms with E-state index in [1.807, 2.05) is 0 Å². The average Bonchev–Trinajstić information content (AvgIpc) is 1.72. The van der Waals surface area contributed by atoms with Crippen LogP contribution in [0.5, 0.6) is 0 Å². The molecule has 0 radical (unpaired) electrons. The monoisotopic (exact) mass is 790 g/mol. The van der Waals surface area contributed by atoms with Crippen LogP contribution in [0, 0.1) is 0 Å². The van der Waals surface area contributed by atoms with Gasteiger partial charge in [0.15, 0.2) is 0 Å². The Hall–Kier alpha value is 2.49. The summed E-state index contributed by atoms with van der Waals surface area (Å²) in [7, 11) is 0. The number of hydrogen-bond acceptors (Lipinski definition) is 0. The van der Waals surface area contributed by atoms with Gasteiger partial charge in [0.25, 0.3) is 0 Å². The van der Waals surface area contributed by atoms with Crippen molar-refractivity contribution in [2.24, 2.45) is 0 Å². The van der Waals surface area contributed by atoms with E-state index in [-0.39, 0.29) is 0 Å². The van der Waals surface area contributed by atoms with Crippen molar-refractivity contribution in [3.8, 4) is 0 Å². The van der Waals surface area contributed by atoms with E-state index in [4.69, 9.17) is 0 Å². The van der Waals surface area contributed by atoms with E-state index in [2.05, 4.69) is 13.8 Å². The van der Waals surface area contributed by atoms with E-state index in [0.717, 1.165) is 0 Å². The fourth-order valence-electron chi connectivity index (χ4n) is 0. The summed E-state index contributed by atoms with van der Waals surface area (Å²) in [4.78, 5) is 0. The van der Waals surface area contributed by atoms with Crippen LogP contribution in [0.4, 0.5) is 0 Å². The molecule has 0 aromatic rings. The van der Waals surface area contributed by atoms with E-state index in [1.54, 1.807) is 78.9 Å². The maximum absolute atomic E-state index is 2.18. The fourth-order valence-corrected chi connectivity index (χ4v) is 0. The summed E-state index contributed by atoms with van der Waals surface area (Å²) >= 11 is 6.55. The molecule has 4 heteroatoms. The fraction of sp³-hybridized carbons (Fsp3) is 0.500. The van der Waals surface area contributed by atoms with Crippen LogP contribution in [0.1, 0.15) is 13.8 Å². The van der Waals surface area contributed by atoms with Gasteiger partial charge in [-0.05, 0) is 0 Å². The van der Waals surface area contributed by atoms with Crippen molar-refractivity contribution in [2.75, 3.05) is 0 Å². The van der Waals surface area contributed by atoms with Crippen LogP contribution < -0.4 is 0 Å². The molecule has 0 N–H and O–H groups in total. The molecule has 0 saturated heterocycles. The molecule has 0 aromatic carbocycles. The van der Waals surface area contributed by atoms with Gasteiger partial charge in [-0.15, -0.1) is 0 Å². The van der Waals surface area contributed by atoms with Crippen molar-refractivity contribution in [1.29, 1.82) is 0 Å². The Balaban J connectivity index is 0. The van der Waals surface area contributed by atoms with Crippen LogP contribution in [0.15, 0.2) is 0 Å². The van der Waals surface area contributed by atoms with Crippen LogP contribution in [0.2, 0.25) is 0 Å². The summed E-state index contributed by atoms with van der Waals surface area (Å²) in [5, 5.41) is 0. The van der Waals surface area contributed by atoms with E-state index in [9.17, 15) is 0 Å². The standard InChI is InChI=1S/C4H6.4W/c1-3-4-2;;;;/h1-2H3;;;;. The molecule has 0 fully saturated rings. The Morgan fingerprint density at radius 2 is 1.00 bits per heavy atom. The molecule has 0 rings (SSSR count). The molecule has 46 valence electrons. The zero-order chi connectivity index (χ0) is 7.15. The molecule has 0 spiro atoms. The van der Waals surface area contributed by atoms with Crippen molar-refractivity contribution < 1.29 is 71.2 Å². The second-order valence-electron chi connectivity index (χ2n) is 1.11. The van der Waals surface area contributed by atoms with Crippen molar-refractivity contribution in [3.05, 3.63) is 0 Å². The third kappa shape index (κ3) is 11.3. The van der Waals surface area contributed by atoms with E-state index >= 15 is 0 Å². The molecular weight excluding hydrogens is 783 g/mol. The van der Waals surface area contributed by atoms with Gasteiger partial charge >= 0.3 is 92.8 Å². The van der Waals surface area contributed by atoms with E-state index < -0.39 is 0 Å². The summed E-state index contributed by atoms with van der Waals surface area (Å²) in [6.07, 6.45) is 0. The predicted molar refractivity (Wildman–Crippen MR) is 21.4 cm³/mol. The molecule has 0 aliphatic carbocycles. The molecule has 0 unspecified atom stereocenters. The summed E-state index contributed by atoms with van der Waals surface area (Å²) in [6.45, 7) is 4.36. The molecular formula is C4H6W4. The van der Waals surface area contributed by atoms with Crippen LogP contribution >= 0.6 is 0 Å². The first-order valence-electron chi connectivity index (χ1n) is 1.82. The molecule has 0 aliphatic heterocycles. The van der Waals surface area contributed by atoms with Crippen molar-refractivity contribution in [1.82, 2.24) is 0 Å². The van der Waals surface area contributed by atoms with Crippen molar-refractivity contribution in [3.63, 3.8) is 0 Å². The Labute approximate surface area is 91.2 Å². The summed E-state index contributed by atoms with van der Waals surface area (Å²) in [6, 6.07) is 0. The second kappa shape index (κ2) is 9.49. The molecule has 0 saturated carbocycles. The molecule has 0 nitrogen and oxygen atoms in total. The Bertz CT molecular complexity index is 84.2. The number of hydrogen-bond donors (Lipinski definition) is 0. The van der Waals surface area contributed by atoms with Crippen LogP contribution in [-0.4, -0.2) is 7.80 Å². The summed E-state index contributed by atoms with van der Waals surface area (Å²) in [5.41, 5.74) is 0. The normalized spacial score (nSPS) is 6.25. The summed E-state index contributed by atoms with van der Waals surface area (Å²) < 4.78 is 3.09. The molecule has 0 amide bonds. The third-order valence-electron chi connectivity index (χ3n) is 0.496. The number of rotatable bonds is 1. The quantitative estimate of drug-likeness (QED) is 0.363. The van der Waals surface area contributed by atoms with Gasteiger partial charge in [-0.1, -0.05) is 0 Å². The van der Waals surface area contributed by atoms with Crippen molar-refractivity contribution >= 4 is 7.80 Å². The zero-order valence-electron chi connectivity index (χ0n) is 4.63. The predicted octanol–water partition coefficient (Wildman–Crippen LogP) is 0.460. The van der Waals surface area contributed by atoms with Crippen LogP contribution in [0.3, 0.4) is 0 Å². The molecule has 0 atom stereocenters. The molecule has 0 bridgehead atoms.